The average Bonchev–Trinajstić information content (AvgIpc) is 2.97. The molecule has 3 aromatic rings. The smallest absolute Gasteiger partial charge is 0.159 e. The number of aromatic nitrogens is 4. The van der Waals surface area contributed by atoms with Gasteiger partial charge in [-0.2, -0.15) is 15.5 Å². The van der Waals surface area contributed by atoms with Crippen LogP contribution in [0.15, 0.2) is 36.7 Å². The molecule has 4 rings (SSSR count). The maximum atomic E-state index is 8.87. The van der Waals surface area contributed by atoms with Gasteiger partial charge in [0.15, 0.2) is 5.82 Å². The van der Waals surface area contributed by atoms with Crippen LogP contribution in [-0.4, -0.2) is 33.1 Å². The summed E-state index contributed by atoms with van der Waals surface area (Å²) < 4.78 is 1.86. The van der Waals surface area contributed by atoms with Crippen LogP contribution in [-0.2, 0) is 0 Å². The van der Waals surface area contributed by atoms with E-state index in [0.29, 0.717) is 5.56 Å². The molecule has 1 aliphatic rings. The van der Waals surface area contributed by atoms with Crippen LogP contribution in [0.2, 0.25) is 0 Å². The van der Waals surface area contributed by atoms with E-state index in [1.807, 2.05) is 23.7 Å². The topological polar surface area (TPSA) is 70.6 Å². The van der Waals surface area contributed by atoms with Gasteiger partial charge in [0, 0.05) is 30.1 Å². The monoisotopic (exact) mass is 290 g/mol. The second-order valence-electron chi connectivity index (χ2n) is 5.53. The summed E-state index contributed by atoms with van der Waals surface area (Å²) in [4.78, 5) is 2.20. The zero-order chi connectivity index (χ0) is 15.1. The molecule has 1 fully saturated rings. The van der Waals surface area contributed by atoms with Crippen molar-refractivity contribution in [2.24, 2.45) is 0 Å². The molecule has 3 heterocycles. The molecule has 1 saturated heterocycles. The summed E-state index contributed by atoms with van der Waals surface area (Å²) in [6.45, 7) is 3.63. The lowest BCUT2D eigenvalue weighted by atomic mass is 10.1. The lowest BCUT2D eigenvalue weighted by Gasteiger charge is -2.40. The number of nitrogens with zero attached hydrogens (tertiary/aromatic N) is 6. The maximum absolute atomic E-state index is 8.87. The predicted octanol–water partition coefficient (Wildman–Crippen LogP) is 2.07. The van der Waals surface area contributed by atoms with E-state index in [4.69, 9.17) is 5.26 Å². The minimum atomic E-state index is 0.281. The van der Waals surface area contributed by atoms with Crippen molar-refractivity contribution in [2.45, 2.75) is 13.0 Å². The van der Waals surface area contributed by atoms with E-state index < -0.39 is 0 Å². The molecular weight excluding hydrogens is 276 g/mol. The number of hydrogen-bond donors (Lipinski definition) is 0. The van der Waals surface area contributed by atoms with Crippen LogP contribution >= 0.6 is 0 Å². The zero-order valence-electron chi connectivity index (χ0n) is 12.1. The molecule has 1 aliphatic heterocycles. The Hall–Kier alpha value is -2.94. The Morgan fingerprint density at radius 3 is 2.68 bits per heavy atom. The molecule has 0 saturated carbocycles. The lowest BCUT2D eigenvalue weighted by Crippen LogP contribution is -2.48. The highest BCUT2D eigenvalue weighted by atomic mass is 15.4. The van der Waals surface area contributed by atoms with E-state index in [-0.39, 0.29) is 6.04 Å². The van der Waals surface area contributed by atoms with Gasteiger partial charge in [-0.25, -0.2) is 0 Å². The fourth-order valence-electron chi connectivity index (χ4n) is 2.85. The van der Waals surface area contributed by atoms with Gasteiger partial charge in [0.05, 0.1) is 23.5 Å². The molecular formula is C16H14N6. The first-order valence-electron chi connectivity index (χ1n) is 7.17. The minimum Gasteiger partial charge on any atom is -0.350 e. The van der Waals surface area contributed by atoms with Crippen molar-refractivity contribution in [1.82, 2.24) is 20.0 Å². The van der Waals surface area contributed by atoms with E-state index in [2.05, 4.69) is 38.4 Å². The van der Waals surface area contributed by atoms with Gasteiger partial charge in [-0.1, -0.05) is 24.3 Å². The van der Waals surface area contributed by atoms with Gasteiger partial charge in [-0.3, -0.25) is 4.68 Å². The largest absolute Gasteiger partial charge is 0.350 e. The third-order valence-corrected chi connectivity index (χ3v) is 4.12. The normalized spacial score (nSPS) is 14.8. The number of fused-ring (bicyclic) bond motifs is 1. The fraction of sp³-hybridized carbons (Fsp3) is 0.250. The molecule has 22 heavy (non-hydrogen) atoms. The first kappa shape index (κ1) is 12.8. The molecule has 0 radical (unpaired) electrons. The molecule has 108 valence electrons. The van der Waals surface area contributed by atoms with Crippen molar-refractivity contribution in [1.29, 1.82) is 5.26 Å². The second kappa shape index (κ2) is 4.81. The van der Waals surface area contributed by atoms with Crippen molar-refractivity contribution in [3.63, 3.8) is 0 Å². The quantitative estimate of drug-likeness (QED) is 0.722. The molecule has 0 atom stereocenters. The van der Waals surface area contributed by atoms with Crippen LogP contribution in [0.4, 0.5) is 5.82 Å². The van der Waals surface area contributed by atoms with Gasteiger partial charge >= 0.3 is 0 Å². The number of rotatable bonds is 2. The lowest BCUT2D eigenvalue weighted by molar-refractivity contribution is 0.366. The van der Waals surface area contributed by atoms with E-state index in [0.717, 1.165) is 35.4 Å². The number of benzene rings is 1. The summed E-state index contributed by atoms with van der Waals surface area (Å²) in [5.41, 5.74) is 1.54. The highest BCUT2D eigenvalue weighted by Crippen LogP contribution is 2.31. The van der Waals surface area contributed by atoms with Crippen molar-refractivity contribution in [3.05, 3.63) is 47.9 Å². The molecule has 0 amide bonds. The van der Waals surface area contributed by atoms with Crippen molar-refractivity contribution in [3.8, 4) is 6.07 Å². The third-order valence-electron chi connectivity index (χ3n) is 4.12. The van der Waals surface area contributed by atoms with E-state index in [1.165, 1.54) is 0 Å². The standard InChI is InChI=1S/C16H14N6/c1-11-14-4-2-3-5-15(14)16(20-19-11)21-9-13(10-21)22-8-12(6-17)7-18-22/h2-5,7-8,13H,9-10H2,1H3. The molecule has 2 aromatic heterocycles. The SMILES string of the molecule is Cc1nnc(N2CC(n3cc(C#N)cn3)C2)c2ccccc12. The van der Waals surface area contributed by atoms with Crippen LogP contribution in [0.5, 0.6) is 0 Å². The fourth-order valence-corrected chi connectivity index (χ4v) is 2.85. The Bertz CT molecular complexity index is 885. The van der Waals surface area contributed by atoms with Crippen LogP contribution < -0.4 is 4.90 Å². The predicted molar refractivity (Wildman–Crippen MR) is 82.5 cm³/mol. The minimum absolute atomic E-state index is 0.281. The first-order chi connectivity index (χ1) is 10.8. The van der Waals surface area contributed by atoms with Crippen molar-refractivity contribution < 1.29 is 0 Å². The third kappa shape index (κ3) is 1.91. The van der Waals surface area contributed by atoms with Gasteiger partial charge in [-0.15, -0.1) is 5.10 Å². The Morgan fingerprint density at radius 2 is 1.95 bits per heavy atom. The van der Waals surface area contributed by atoms with Crippen molar-refractivity contribution in [2.75, 3.05) is 18.0 Å². The Kier molecular flexibility index (Phi) is 2.79. The summed E-state index contributed by atoms with van der Waals surface area (Å²) in [6, 6.07) is 10.6. The summed E-state index contributed by atoms with van der Waals surface area (Å²) in [6.07, 6.45) is 3.39. The van der Waals surface area contributed by atoms with E-state index >= 15 is 0 Å². The van der Waals surface area contributed by atoms with Gasteiger partial charge in [0.25, 0.3) is 0 Å². The molecule has 0 aliphatic carbocycles. The Balaban J connectivity index is 1.61. The molecule has 0 bridgehead atoms. The van der Waals surface area contributed by atoms with Gasteiger partial charge < -0.3 is 4.90 Å². The summed E-state index contributed by atoms with van der Waals surface area (Å²) in [5, 5.41) is 24.0. The van der Waals surface area contributed by atoms with E-state index in [1.54, 1.807) is 12.4 Å². The molecule has 0 unspecified atom stereocenters. The zero-order valence-corrected chi connectivity index (χ0v) is 12.1. The average molecular weight is 290 g/mol. The first-order valence-corrected chi connectivity index (χ1v) is 7.17. The number of hydrogen-bond acceptors (Lipinski definition) is 5. The number of nitriles is 1. The summed E-state index contributed by atoms with van der Waals surface area (Å²) in [5.74, 6) is 0.921. The van der Waals surface area contributed by atoms with Crippen LogP contribution in [0.1, 0.15) is 17.3 Å². The van der Waals surface area contributed by atoms with Gasteiger partial charge in [-0.05, 0) is 6.92 Å². The highest BCUT2D eigenvalue weighted by Gasteiger charge is 2.31. The molecule has 1 aromatic carbocycles. The van der Waals surface area contributed by atoms with Gasteiger partial charge in [0.1, 0.15) is 6.07 Å². The molecule has 0 N–H and O–H groups in total. The molecule has 6 nitrogen and oxygen atoms in total. The summed E-state index contributed by atoms with van der Waals surface area (Å²) in [7, 11) is 0. The van der Waals surface area contributed by atoms with E-state index in [9.17, 15) is 0 Å². The second-order valence-corrected chi connectivity index (χ2v) is 5.53. The number of aryl methyl sites for hydroxylation is 1. The Labute approximate surface area is 127 Å². The van der Waals surface area contributed by atoms with Crippen LogP contribution in [0, 0.1) is 18.3 Å². The summed E-state index contributed by atoms with van der Waals surface area (Å²) >= 11 is 0. The van der Waals surface area contributed by atoms with Crippen molar-refractivity contribution >= 4 is 16.6 Å². The molecule has 0 spiro atoms. The maximum Gasteiger partial charge on any atom is 0.159 e. The number of anilines is 1. The van der Waals surface area contributed by atoms with Gasteiger partial charge in [0.2, 0.25) is 0 Å². The Morgan fingerprint density at radius 1 is 1.18 bits per heavy atom. The van der Waals surface area contributed by atoms with Crippen LogP contribution in [0.3, 0.4) is 0 Å². The van der Waals surface area contributed by atoms with Crippen LogP contribution in [0.25, 0.3) is 10.8 Å². The molecule has 6 heteroatoms. The highest BCUT2D eigenvalue weighted by molar-refractivity contribution is 5.93.